The van der Waals surface area contributed by atoms with E-state index in [1.165, 1.54) is 49.4 Å². The Kier molecular flexibility index (Phi) is 7.18. The summed E-state index contributed by atoms with van der Waals surface area (Å²) in [6.07, 6.45) is 0. The average molecular weight is 664 g/mol. The third-order valence-corrected chi connectivity index (χ3v) is 10.2. The molecule has 1 aromatic heterocycles. The molecule has 244 valence electrons. The highest BCUT2D eigenvalue weighted by atomic mass is 16.3. The van der Waals surface area contributed by atoms with Crippen LogP contribution in [-0.4, -0.2) is 0 Å². The fraction of sp³-hybridized carbons (Fsp3) is 0. The van der Waals surface area contributed by atoms with E-state index in [-0.39, 0.29) is 0 Å². The maximum atomic E-state index is 6.20. The van der Waals surface area contributed by atoms with Gasteiger partial charge in [0.1, 0.15) is 11.2 Å². The molecule has 0 fully saturated rings. The Balaban J connectivity index is 1.18. The minimum absolute atomic E-state index is 0.888. The Morgan fingerprint density at radius 3 is 1.54 bits per heavy atom. The normalized spacial score (nSPS) is 11.5. The zero-order chi connectivity index (χ0) is 34.4. The second-order valence-electron chi connectivity index (χ2n) is 13.3. The van der Waals surface area contributed by atoms with E-state index in [9.17, 15) is 0 Å². The Labute approximate surface area is 302 Å². The molecule has 10 aromatic rings. The highest BCUT2D eigenvalue weighted by Crippen LogP contribution is 2.46. The molecule has 0 aliphatic heterocycles. The summed E-state index contributed by atoms with van der Waals surface area (Å²) in [5.74, 6) is 0. The highest BCUT2D eigenvalue weighted by Gasteiger charge is 2.19. The molecule has 0 unspecified atom stereocenters. The molecule has 2 nitrogen and oxygen atoms in total. The number of anilines is 3. The summed E-state index contributed by atoms with van der Waals surface area (Å²) in [4.78, 5) is 2.34. The van der Waals surface area contributed by atoms with Crippen LogP contribution in [0, 0.1) is 0 Å². The molecule has 52 heavy (non-hydrogen) atoms. The van der Waals surface area contributed by atoms with Gasteiger partial charge in [-0.05, 0) is 110 Å². The van der Waals surface area contributed by atoms with Crippen LogP contribution < -0.4 is 4.90 Å². The van der Waals surface area contributed by atoms with Gasteiger partial charge in [0.05, 0.1) is 0 Å². The van der Waals surface area contributed by atoms with Crippen molar-refractivity contribution < 1.29 is 4.42 Å². The fourth-order valence-corrected chi connectivity index (χ4v) is 7.88. The quantitative estimate of drug-likeness (QED) is 0.165. The third-order valence-electron chi connectivity index (χ3n) is 10.2. The van der Waals surface area contributed by atoms with Crippen molar-refractivity contribution in [2.75, 3.05) is 4.90 Å². The first-order valence-electron chi connectivity index (χ1n) is 17.8. The SMILES string of the molecule is c1ccc(-c2c(-c3ccccc3)c3cc(-c4cccc(N(c5ccccc5)c5ccc6oc7ccccc7c6c5)c4)ccc3c3ccccc23)cc1. The van der Waals surface area contributed by atoms with Crippen molar-refractivity contribution in [1.29, 1.82) is 0 Å². The van der Waals surface area contributed by atoms with Crippen LogP contribution in [0.4, 0.5) is 17.1 Å². The molecular weight excluding hydrogens is 631 g/mol. The van der Waals surface area contributed by atoms with Crippen LogP contribution in [0.25, 0.3) is 76.9 Å². The fourth-order valence-electron chi connectivity index (χ4n) is 7.88. The van der Waals surface area contributed by atoms with Crippen LogP contribution in [0.5, 0.6) is 0 Å². The van der Waals surface area contributed by atoms with E-state index in [2.05, 4.69) is 193 Å². The van der Waals surface area contributed by atoms with Gasteiger partial charge in [0, 0.05) is 27.8 Å². The van der Waals surface area contributed by atoms with Crippen molar-refractivity contribution in [2.24, 2.45) is 0 Å². The summed E-state index contributed by atoms with van der Waals surface area (Å²) < 4.78 is 6.20. The maximum Gasteiger partial charge on any atom is 0.135 e. The molecule has 0 saturated carbocycles. The van der Waals surface area contributed by atoms with Crippen molar-refractivity contribution in [3.8, 4) is 33.4 Å². The zero-order valence-electron chi connectivity index (χ0n) is 28.4. The van der Waals surface area contributed by atoms with Gasteiger partial charge in [-0.1, -0.05) is 146 Å². The Bertz CT molecular complexity index is 2890. The first-order valence-corrected chi connectivity index (χ1v) is 17.8. The summed E-state index contributed by atoms with van der Waals surface area (Å²) >= 11 is 0. The summed E-state index contributed by atoms with van der Waals surface area (Å²) in [5.41, 5.74) is 12.3. The summed E-state index contributed by atoms with van der Waals surface area (Å²) in [5, 5.41) is 7.23. The molecule has 0 radical (unpaired) electrons. The van der Waals surface area contributed by atoms with Crippen LogP contribution in [0.15, 0.2) is 205 Å². The van der Waals surface area contributed by atoms with Crippen LogP contribution in [0.1, 0.15) is 0 Å². The van der Waals surface area contributed by atoms with E-state index in [4.69, 9.17) is 4.42 Å². The van der Waals surface area contributed by atoms with Gasteiger partial charge in [-0.2, -0.15) is 0 Å². The van der Waals surface area contributed by atoms with Gasteiger partial charge in [0.15, 0.2) is 0 Å². The van der Waals surface area contributed by atoms with Gasteiger partial charge >= 0.3 is 0 Å². The van der Waals surface area contributed by atoms with Gasteiger partial charge in [-0.25, -0.2) is 0 Å². The molecular formula is C50H33NO. The number of hydrogen-bond acceptors (Lipinski definition) is 2. The average Bonchev–Trinajstić information content (AvgIpc) is 3.59. The van der Waals surface area contributed by atoms with Crippen molar-refractivity contribution >= 4 is 60.5 Å². The van der Waals surface area contributed by atoms with Crippen molar-refractivity contribution in [2.45, 2.75) is 0 Å². The molecule has 0 saturated heterocycles. The van der Waals surface area contributed by atoms with Crippen molar-refractivity contribution in [3.63, 3.8) is 0 Å². The van der Waals surface area contributed by atoms with Crippen molar-refractivity contribution in [1.82, 2.24) is 0 Å². The summed E-state index contributed by atoms with van der Waals surface area (Å²) in [6, 6.07) is 71.8. The summed E-state index contributed by atoms with van der Waals surface area (Å²) in [7, 11) is 0. The number of rotatable bonds is 6. The minimum atomic E-state index is 0.888. The molecule has 0 aliphatic carbocycles. The van der Waals surface area contributed by atoms with E-state index in [0.717, 1.165) is 44.6 Å². The van der Waals surface area contributed by atoms with Gasteiger partial charge in [-0.15, -0.1) is 0 Å². The molecule has 0 N–H and O–H groups in total. The molecule has 0 aliphatic rings. The van der Waals surface area contributed by atoms with Gasteiger partial charge in [0.2, 0.25) is 0 Å². The smallest absolute Gasteiger partial charge is 0.135 e. The number of nitrogens with zero attached hydrogens (tertiary/aromatic N) is 1. The predicted octanol–water partition coefficient (Wildman–Crippen LogP) is 14.4. The Morgan fingerprint density at radius 2 is 0.788 bits per heavy atom. The maximum absolute atomic E-state index is 6.20. The number of benzene rings is 9. The molecule has 10 rings (SSSR count). The molecule has 0 spiro atoms. The van der Waals surface area contributed by atoms with E-state index < -0.39 is 0 Å². The molecule has 9 aromatic carbocycles. The molecule has 0 atom stereocenters. The number of hydrogen-bond donors (Lipinski definition) is 0. The van der Waals surface area contributed by atoms with Crippen molar-refractivity contribution in [3.05, 3.63) is 200 Å². The molecule has 0 bridgehead atoms. The van der Waals surface area contributed by atoms with Crippen LogP contribution in [0.2, 0.25) is 0 Å². The standard InChI is InChI=1S/C50H33NO/c1-4-15-34(16-5-1)49-44-25-11-10-23-41(44)42-29-27-37(32-46(42)50(49)35-17-6-2-7-18-35)36-19-14-22-39(31-36)51(38-20-8-3-9-21-38)40-28-30-48-45(33-40)43-24-12-13-26-47(43)52-48/h1-33H. The largest absolute Gasteiger partial charge is 0.456 e. The lowest BCUT2D eigenvalue weighted by Crippen LogP contribution is -2.09. The Hall–Kier alpha value is -6.90. The van der Waals surface area contributed by atoms with E-state index in [1.54, 1.807) is 0 Å². The Morgan fingerprint density at radius 1 is 0.269 bits per heavy atom. The number of para-hydroxylation sites is 2. The first-order chi connectivity index (χ1) is 25.8. The first kappa shape index (κ1) is 30.0. The second-order valence-corrected chi connectivity index (χ2v) is 13.3. The minimum Gasteiger partial charge on any atom is -0.456 e. The van der Waals surface area contributed by atoms with E-state index in [0.29, 0.717) is 0 Å². The lowest BCUT2D eigenvalue weighted by atomic mass is 9.84. The van der Waals surface area contributed by atoms with Gasteiger partial charge in [-0.3, -0.25) is 0 Å². The highest BCUT2D eigenvalue weighted by molar-refractivity contribution is 6.22. The third kappa shape index (κ3) is 5.04. The van der Waals surface area contributed by atoms with Crippen LogP contribution in [0.3, 0.4) is 0 Å². The van der Waals surface area contributed by atoms with E-state index in [1.807, 2.05) is 12.1 Å². The number of fused-ring (bicyclic) bond motifs is 6. The topological polar surface area (TPSA) is 16.4 Å². The summed E-state index contributed by atoms with van der Waals surface area (Å²) in [6.45, 7) is 0. The number of furan rings is 1. The monoisotopic (exact) mass is 663 g/mol. The lowest BCUT2D eigenvalue weighted by Gasteiger charge is -2.26. The van der Waals surface area contributed by atoms with Crippen LogP contribution >= 0.6 is 0 Å². The van der Waals surface area contributed by atoms with Gasteiger partial charge < -0.3 is 9.32 Å². The van der Waals surface area contributed by atoms with Crippen LogP contribution in [-0.2, 0) is 0 Å². The molecule has 1 heterocycles. The lowest BCUT2D eigenvalue weighted by molar-refractivity contribution is 0.669. The molecule has 2 heteroatoms. The second kappa shape index (κ2) is 12.5. The van der Waals surface area contributed by atoms with Gasteiger partial charge in [0.25, 0.3) is 0 Å². The predicted molar refractivity (Wildman–Crippen MR) is 220 cm³/mol. The van der Waals surface area contributed by atoms with E-state index >= 15 is 0 Å². The zero-order valence-corrected chi connectivity index (χ0v) is 28.4. The molecule has 0 amide bonds.